The molecule has 0 saturated heterocycles. The highest BCUT2D eigenvalue weighted by molar-refractivity contribution is 5.53. The molecule has 0 bridgehead atoms. The minimum Gasteiger partial charge on any atom is -0.347 e. The van der Waals surface area contributed by atoms with Gasteiger partial charge >= 0.3 is 0 Å². The smallest absolute Gasteiger partial charge is 0.264 e. The molecule has 1 aliphatic heterocycles. The average Bonchev–Trinajstić information content (AvgIpc) is 3.22. The molecule has 1 atom stereocenters. The fourth-order valence-electron chi connectivity index (χ4n) is 2.85. The maximum absolute atomic E-state index is 5.34. The molecular weight excluding hydrogens is 304 g/mol. The zero-order valence-electron chi connectivity index (χ0n) is 13.8. The van der Waals surface area contributed by atoms with Crippen LogP contribution >= 0.6 is 0 Å². The number of benzene rings is 1. The van der Waals surface area contributed by atoms with Crippen molar-refractivity contribution in [2.75, 3.05) is 5.32 Å². The van der Waals surface area contributed by atoms with Crippen LogP contribution in [0.15, 0.2) is 34.9 Å². The van der Waals surface area contributed by atoms with E-state index in [-0.39, 0.29) is 6.04 Å². The molecule has 1 unspecified atom stereocenters. The number of nitrogens with zero attached hydrogens (tertiary/aromatic N) is 5. The van der Waals surface area contributed by atoms with E-state index in [4.69, 9.17) is 4.52 Å². The van der Waals surface area contributed by atoms with E-state index in [0.29, 0.717) is 17.8 Å². The maximum atomic E-state index is 5.34. The lowest BCUT2D eigenvalue weighted by Gasteiger charge is -2.22. The number of aryl methyl sites for hydroxylation is 1. The van der Waals surface area contributed by atoms with E-state index in [2.05, 4.69) is 39.4 Å². The Morgan fingerprint density at radius 1 is 1.21 bits per heavy atom. The summed E-state index contributed by atoms with van der Waals surface area (Å²) < 4.78 is 7.33. The molecule has 7 heteroatoms. The lowest BCUT2D eigenvalue weighted by molar-refractivity contribution is 0.420. The molecule has 0 spiro atoms. The summed E-state index contributed by atoms with van der Waals surface area (Å²) in [6.07, 6.45) is 1.88. The molecule has 0 fully saturated rings. The van der Waals surface area contributed by atoms with Gasteiger partial charge in [0.15, 0.2) is 5.82 Å². The third-order valence-corrected chi connectivity index (χ3v) is 4.17. The van der Waals surface area contributed by atoms with E-state index in [0.717, 1.165) is 36.6 Å². The van der Waals surface area contributed by atoms with Crippen LogP contribution in [0, 0.1) is 0 Å². The maximum Gasteiger partial charge on any atom is 0.264 e. The zero-order valence-corrected chi connectivity index (χ0v) is 13.8. The van der Waals surface area contributed by atoms with E-state index in [1.54, 1.807) is 0 Å². The topological polar surface area (TPSA) is 81.7 Å². The average molecular weight is 324 g/mol. The summed E-state index contributed by atoms with van der Waals surface area (Å²) in [5, 5.41) is 12.0. The summed E-state index contributed by atoms with van der Waals surface area (Å²) >= 11 is 0. The molecule has 1 aromatic carbocycles. The van der Waals surface area contributed by atoms with Crippen molar-refractivity contribution in [2.24, 2.45) is 0 Å². The van der Waals surface area contributed by atoms with E-state index in [1.807, 2.05) is 35.0 Å². The molecule has 0 amide bonds. The largest absolute Gasteiger partial charge is 0.347 e. The number of aromatic nitrogens is 5. The predicted octanol–water partition coefficient (Wildman–Crippen LogP) is 2.88. The number of hydrogen-bond donors (Lipinski definition) is 1. The monoisotopic (exact) mass is 324 g/mol. The van der Waals surface area contributed by atoms with Gasteiger partial charge in [-0.2, -0.15) is 10.1 Å². The van der Waals surface area contributed by atoms with Gasteiger partial charge in [0.1, 0.15) is 5.82 Å². The normalized spacial score (nSPS) is 17.0. The highest BCUT2D eigenvalue weighted by Gasteiger charge is 2.23. The predicted molar refractivity (Wildman–Crippen MR) is 89.6 cm³/mol. The summed E-state index contributed by atoms with van der Waals surface area (Å²) in [6.45, 7) is 4.99. The van der Waals surface area contributed by atoms with Crippen LogP contribution in [-0.2, 0) is 13.0 Å². The second kappa shape index (κ2) is 6.07. The Morgan fingerprint density at radius 3 is 2.83 bits per heavy atom. The van der Waals surface area contributed by atoms with Gasteiger partial charge in [-0.05, 0) is 23.7 Å². The van der Waals surface area contributed by atoms with Gasteiger partial charge in [0.25, 0.3) is 11.8 Å². The Morgan fingerprint density at radius 2 is 2.04 bits per heavy atom. The lowest BCUT2D eigenvalue weighted by atomic mass is 10.1. The molecular formula is C17H20N6O. The molecule has 4 rings (SSSR count). The van der Waals surface area contributed by atoms with Crippen molar-refractivity contribution in [3.8, 4) is 11.5 Å². The van der Waals surface area contributed by atoms with Crippen LogP contribution in [0.25, 0.3) is 11.5 Å². The lowest BCUT2D eigenvalue weighted by Crippen LogP contribution is -2.32. The quantitative estimate of drug-likeness (QED) is 0.794. The molecule has 0 saturated carbocycles. The van der Waals surface area contributed by atoms with Crippen molar-refractivity contribution in [1.82, 2.24) is 24.9 Å². The van der Waals surface area contributed by atoms with Crippen LogP contribution in [0.3, 0.4) is 0 Å². The van der Waals surface area contributed by atoms with Crippen LogP contribution in [0.1, 0.15) is 37.8 Å². The Hall–Kier alpha value is -2.70. The van der Waals surface area contributed by atoms with Gasteiger partial charge in [-0.3, -0.25) is 0 Å². The number of anilines is 1. The molecule has 7 nitrogen and oxygen atoms in total. The van der Waals surface area contributed by atoms with Gasteiger partial charge in [0.2, 0.25) is 0 Å². The van der Waals surface area contributed by atoms with Crippen molar-refractivity contribution in [3.05, 3.63) is 42.0 Å². The second-order valence-corrected chi connectivity index (χ2v) is 6.39. The van der Waals surface area contributed by atoms with Gasteiger partial charge in [0, 0.05) is 23.9 Å². The summed E-state index contributed by atoms with van der Waals surface area (Å²) in [6, 6.07) is 9.99. The van der Waals surface area contributed by atoms with Gasteiger partial charge in [-0.1, -0.05) is 32.0 Å². The summed E-state index contributed by atoms with van der Waals surface area (Å²) in [5.41, 5.74) is 0.918. The first-order chi connectivity index (χ1) is 11.7. The van der Waals surface area contributed by atoms with E-state index in [1.165, 1.54) is 0 Å². The summed E-state index contributed by atoms with van der Waals surface area (Å²) in [4.78, 5) is 9.04. The molecule has 1 aliphatic rings. The highest BCUT2D eigenvalue weighted by Crippen LogP contribution is 2.21. The number of fused-ring (bicyclic) bond motifs is 1. The standard InChI is InChI=1S/C17H20N6O/c1-11(2)15-19-14-9-8-13(10-23(14)21-15)18-17-20-16(24-22-17)12-6-4-3-5-7-12/h3-7,11,13H,8-10H2,1-2H3,(H,18,22). The minimum absolute atomic E-state index is 0.223. The van der Waals surface area contributed by atoms with Crippen LogP contribution in [-0.4, -0.2) is 30.9 Å². The number of rotatable bonds is 4. The molecule has 3 aromatic rings. The van der Waals surface area contributed by atoms with Crippen molar-refractivity contribution in [1.29, 1.82) is 0 Å². The third-order valence-electron chi connectivity index (χ3n) is 4.17. The van der Waals surface area contributed by atoms with Crippen LogP contribution in [0.2, 0.25) is 0 Å². The minimum atomic E-state index is 0.223. The first-order valence-corrected chi connectivity index (χ1v) is 8.28. The van der Waals surface area contributed by atoms with Gasteiger partial charge < -0.3 is 9.84 Å². The van der Waals surface area contributed by atoms with Gasteiger partial charge in [-0.15, -0.1) is 0 Å². The van der Waals surface area contributed by atoms with E-state index in [9.17, 15) is 0 Å². The molecule has 3 heterocycles. The van der Waals surface area contributed by atoms with E-state index >= 15 is 0 Å². The first kappa shape index (κ1) is 14.9. The summed E-state index contributed by atoms with van der Waals surface area (Å²) in [7, 11) is 0. The Labute approximate surface area is 140 Å². The van der Waals surface area contributed by atoms with Crippen molar-refractivity contribution >= 4 is 5.95 Å². The fraction of sp³-hybridized carbons (Fsp3) is 0.412. The molecule has 1 N–H and O–H groups in total. The zero-order chi connectivity index (χ0) is 16.5. The Bertz CT molecular complexity index is 823. The van der Waals surface area contributed by atoms with Crippen molar-refractivity contribution < 1.29 is 4.52 Å². The highest BCUT2D eigenvalue weighted by atomic mass is 16.5. The van der Waals surface area contributed by atoms with Crippen LogP contribution in [0.4, 0.5) is 5.95 Å². The first-order valence-electron chi connectivity index (χ1n) is 8.28. The van der Waals surface area contributed by atoms with Crippen LogP contribution < -0.4 is 5.32 Å². The molecule has 124 valence electrons. The van der Waals surface area contributed by atoms with Gasteiger partial charge in [-0.25, -0.2) is 9.67 Å². The molecule has 2 aromatic heterocycles. The molecule has 24 heavy (non-hydrogen) atoms. The number of nitrogens with one attached hydrogen (secondary N) is 1. The Kier molecular flexibility index (Phi) is 3.76. The van der Waals surface area contributed by atoms with E-state index < -0.39 is 0 Å². The Balaban J connectivity index is 1.46. The third kappa shape index (κ3) is 2.89. The number of hydrogen-bond acceptors (Lipinski definition) is 6. The summed E-state index contributed by atoms with van der Waals surface area (Å²) in [5.74, 6) is 3.37. The molecule has 0 radical (unpaired) electrons. The molecule has 0 aliphatic carbocycles. The van der Waals surface area contributed by atoms with Crippen molar-refractivity contribution in [2.45, 2.75) is 45.2 Å². The van der Waals surface area contributed by atoms with Gasteiger partial charge in [0.05, 0.1) is 6.54 Å². The fourth-order valence-corrected chi connectivity index (χ4v) is 2.85. The van der Waals surface area contributed by atoms with Crippen LogP contribution in [0.5, 0.6) is 0 Å². The van der Waals surface area contributed by atoms with Crippen molar-refractivity contribution in [3.63, 3.8) is 0 Å². The SMILES string of the molecule is CC(C)c1nc2n(n1)CC(Nc1noc(-c3ccccc3)n1)CC2. The second-order valence-electron chi connectivity index (χ2n) is 6.39.